The van der Waals surface area contributed by atoms with Crippen molar-refractivity contribution >= 4 is 0 Å². The molecule has 1 aromatic heterocycles. The standard InChI is InChI=1S/C10H20N4O2/c1-2-9(3-5-15)11-7-10-8-14(4-6-16)13-12-10/h8-9,11,15-16H,2-7H2,1H3. The van der Waals surface area contributed by atoms with E-state index in [2.05, 4.69) is 22.6 Å². The van der Waals surface area contributed by atoms with Crippen molar-refractivity contribution in [2.75, 3.05) is 13.2 Å². The van der Waals surface area contributed by atoms with Crippen LogP contribution in [0.5, 0.6) is 0 Å². The topological polar surface area (TPSA) is 83.2 Å². The van der Waals surface area contributed by atoms with E-state index in [0.717, 1.165) is 18.5 Å². The van der Waals surface area contributed by atoms with E-state index in [4.69, 9.17) is 10.2 Å². The van der Waals surface area contributed by atoms with E-state index >= 15 is 0 Å². The lowest BCUT2D eigenvalue weighted by molar-refractivity contribution is 0.261. The molecule has 3 N–H and O–H groups in total. The van der Waals surface area contributed by atoms with Crippen LogP contribution < -0.4 is 5.32 Å². The number of nitrogens with one attached hydrogen (secondary N) is 1. The van der Waals surface area contributed by atoms with Crippen LogP contribution in [-0.4, -0.2) is 44.5 Å². The first-order valence-electron chi connectivity index (χ1n) is 5.64. The zero-order chi connectivity index (χ0) is 11.8. The summed E-state index contributed by atoms with van der Waals surface area (Å²) in [6.45, 7) is 3.46. The summed E-state index contributed by atoms with van der Waals surface area (Å²) in [6.07, 6.45) is 3.54. The predicted octanol–water partition coefficient (Wildman–Crippen LogP) is -0.479. The minimum Gasteiger partial charge on any atom is -0.396 e. The van der Waals surface area contributed by atoms with Crippen molar-refractivity contribution in [2.24, 2.45) is 0 Å². The van der Waals surface area contributed by atoms with Crippen molar-refractivity contribution in [3.8, 4) is 0 Å². The number of nitrogens with zero attached hydrogens (tertiary/aromatic N) is 3. The van der Waals surface area contributed by atoms with Gasteiger partial charge in [-0.05, 0) is 12.8 Å². The Kier molecular flexibility index (Phi) is 5.99. The maximum Gasteiger partial charge on any atom is 0.0964 e. The Hall–Kier alpha value is -0.980. The first kappa shape index (κ1) is 13.1. The molecule has 16 heavy (non-hydrogen) atoms. The molecule has 1 heterocycles. The third-order valence-corrected chi connectivity index (χ3v) is 2.46. The molecule has 0 aromatic carbocycles. The molecule has 0 radical (unpaired) electrons. The maximum atomic E-state index is 8.84. The van der Waals surface area contributed by atoms with Gasteiger partial charge in [-0.25, -0.2) is 4.68 Å². The molecule has 0 aliphatic carbocycles. The van der Waals surface area contributed by atoms with Crippen molar-refractivity contribution in [1.82, 2.24) is 20.3 Å². The molecule has 0 aliphatic rings. The SMILES string of the molecule is CCC(CCO)NCc1cn(CCO)nn1. The van der Waals surface area contributed by atoms with Gasteiger partial charge in [-0.1, -0.05) is 12.1 Å². The molecule has 0 saturated heterocycles. The molecule has 92 valence electrons. The Morgan fingerprint density at radius 1 is 1.44 bits per heavy atom. The van der Waals surface area contributed by atoms with Crippen LogP contribution in [0, 0.1) is 0 Å². The van der Waals surface area contributed by atoms with E-state index in [9.17, 15) is 0 Å². The van der Waals surface area contributed by atoms with Crippen molar-refractivity contribution in [2.45, 2.75) is 38.9 Å². The fourth-order valence-corrected chi connectivity index (χ4v) is 1.49. The number of rotatable bonds is 8. The number of hydrogen-bond acceptors (Lipinski definition) is 5. The Labute approximate surface area is 95.3 Å². The third-order valence-electron chi connectivity index (χ3n) is 2.46. The molecule has 0 bridgehead atoms. The lowest BCUT2D eigenvalue weighted by Crippen LogP contribution is -2.28. The summed E-state index contributed by atoms with van der Waals surface area (Å²) in [7, 11) is 0. The van der Waals surface area contributed by atoms with E-state index in [0.29, 0.717) is 19.1 Å². The quantitative estimate of drug-likeness (QED) is 0.560. The summed E-state index contributed by atoms with van der Waals surface area (Å²) in [6, 6.07) is 0.313. The molecule has 0 amide bonds. The second kappa shape index (κ2) is 7.32. The maximum absolute atomic E-state index is 8.84. The van der Waals surface area contributed by atoms with E-state index < -0.39 is 0 Å². The first-order valence-corrected chi connectivity index (χ1v) is 5.64. The van der Waals surface area contributed by atoms with E-state index in [1.807, 2.05) is 6.20 Å². The molecule has 6 heteroatoms. The van der Waals surface area contributed by atoms with Gasteiger partial charge in [0.05, 0.1) is 18.8 Å². The molecule has 1 rings (SSSR count). The normalized spacial score (nSPS) is 12.9. The third kappa shape index (κ3) is 4.26. The minimum atomic E-state index is 0.0678. The largest absolute Gasteiger partial charge is 0.396 e. The second-order valence-electron chi connectivity index (χ2n) is 3.69. The fraction of sp³-hybridized carbons (Fsp3) is 0.800. The van der Waals surface area contributed by atoms with E-state index in [1.54, 1.807) is 4.68 Å². The molecule has 1 unspecified atom stereocenters. The van der Waals surface area contributed by atoms with Gasteiger partial charge in [-0.3, -0.25) is 0 Å². The van der Waals surface area contributed by atoms with Crippen LogP contribution in [0.1, 0.15) is 25.5 Å². The highest BCUT2D eigenvalue weighted by Gasteiger charge is 2.06. The first-order chi connectivity index (χ1) is 7.80. The van der Waals surface area contributed by atoms with Crippen LogP contribution >= 0.6 is 0 Å². The summed E-state index contributed by atoms with van der Waals surface area (Å²) in [5.41, 5.74) is 0.852. The Bertz CT molecular complexity index is 290. The van der Waals surface area contributed by atoms with Crippen LogP contribution in [-0.2, 0) is 13.1 Å². The van der Waals surface area contributed by atoms with Gasteiger partial charge in [0.15, 0.2) is 0 Å². The van der Waals surface area contributed by atoms with Crippen molar-refractivity contribution in [1.29, 1.82) is 0 Å². The number of aliphatic hydroxyl groups is 2. The summed E-state index contributed by atoms with van der Waals surface area (Å²) in [5, 5.41) is 28.7. The second-order valence-corrected chi connectivity index (χ2v) is 3.69. The summed E-state index contributed by atoms with van der Waals surface area (Å²) in [4.78, 5) is 0. The van der Waals surface area contributed by atoms with Crippen molar-refractivity contribution < 1.29 is 10.2 Å². The average molecular weight is 228 g/mol. The molecule has 0 fully saturated rings. The highest BCUT2D eigenvalue weighted by atomic mass is 16.3. The van der Waals surface area contributed by atoms with Crippen LogP contribution in [0.3, 0.4) is 0 Å². The molecule has 6 nitrogen and oxygen atoms in total. The van der Waals surface area contributed by atoms with Gasteiger partial charge in [-0.15, -0.1) is 5.10 Å². The Morgan fingerprint density at radius 2 is 2.25 bits per heavy atom. The van der Waals surface area contributed by atoms with Gasteiger partial charge >= 0.3 is 0 Å². The molecule has 1 atom stereocenters. The van der Waals surface area contributed by atoms with Crippen LogP contribution in [0.15, 0.2) is 6.20 Å². The van der Waals surface area contributed by atoms with Gasteiger partial charge in [0.2, 0.25) is 0 Å². The van der Waals surface area contributed by atoms with Gasteiger partial charge in [0.1, 0.15) is 0 Å². The van der Waals surface area contributed by atoms with Gasteiger partial charge in [0, 0.05) is 25.4 Å². The smallest absolute Gasteiger partial charge is 0.0964 e. The molecule has 1 aromatic rings. The number of aromatic nitrogens is 3. The lowest BCUT2D eigenvalue weighted by atomic mass is 10.1. The Balaban J connectivity index is 2.34. The fourth-order valence-electron chi connectivity index (χ4n) is 1.49. The Morgan fingerprint density at radius 3 is 2.88 bits per heavy atom. The van der Waals surface area contributed by atoms with Crippen LogP contribution in [0.4, 0.5) is 0 Å². The predicted molar refractivity (Wildman–Crippen MR) is 59.7 cm³/mol. The lowest BCUT2D eigenvalue weighted by Gasteiger charge is -2.14. The molecular formula is C10H20N4O2. The summed E-state index contributed by atoms with van der Waals surface area (Å²) in [5.74, 6) is 0. The zero-order valence-corrected chi connectivity index (χ0v) is 9.63. The highest BCUT2D eigenvalue weighted by Crippen LogP contribution is 1.99. The molecular weight excluding hydrogens is 208 g/mol. The molecule has 0 aliphatic heterocycles. The number of aliphatic hydroxyl groups excluding tert-OH is 2. The van der Waals surface area contributed by atoms with Gasteiger partial charge in [-0.2, -0.15) is 0 Å². The number of hydrogen-bond donors (Lipinski definition) is 3. The summed E-state index contributed by atoms with van der Waals surface area (Å²) >= 11 is 0. The van der Waals surface area contributed by atoms with Crippen LogP contribution in [0.2, 0.25) is 0 Å². The average Bonchev–Trinajstić information content (AvgIpc) is 2.72. The van der Waals surface area contributed by atoms with Gasteiger partial charge < -0.3 is 15.5 Å². The zero-order valence-electron chi connectivity index (χ0n) is 9.63. The minimum absolute atomic E-state index is 0.0678. The van der Waals surface area contributed by atoms with E-state index in [1.165, 1.54) is 0 Å². The summed E-state index contributed by atoms with van der Waals surface area (Å²) < 4.78 is 1.62. The molecule has 0 spiro atoms. The molecule has 0 saturated carbocycles. The van der Waals surface area contributed by atoms with Gasteiger partial charge in [0.25, 0.3) is 0 Å². The van der Waals surface area contributed by atoms with Crippen molar-refractivity contribution in [3.63, 3.8) is 0 Å². The highest BCUT2D eigenvalue weighted by molar-refractivity contribution is 4.92. The monoisotopic (exact) mass is 228 g/mol. The van der Waals surface area contributed by atoms with Crippen molar-refractivity contribution in [3.05, 3.63) is 11.9 Å². The van der Waals surface area contributed by atoms with E-state index in [-0.39, 0.29) is 13.2 Å². The van der Waals surface area contributed by atoms with Crippen LogP contribution in [0.25, 0.3) is 0 Å².